The zero-order valence-corrected chi connectivity index (χ0v) is 10.5. The van der Waals surface area contributed by atoms with Gasteiger partial charge in [0, 0.05) is 8.96 Å². The monoisotopic (exact) mass is 296 g/mol. The average Bonchev–Trinajstić information content (AvgIpc) is 2.30. The second-order valence-corrected chi connectivity index (χ2v) is 7.37. The van der Waals surface area contributed by atoms with Crippen LogP contribution < -0.4 is 11.5 Å². The van der Waals surface area contributed by atoms with Crippen LogP contribution in [0.3, 0.4) is 0 Å². The molecule has 0 heterocycles. The highest BCUT2D eigenvalue weighted by Crippen LogP contribution is 2.65. The molecule has 0 saturated heterocycles. The van der Waals surface area contributed by atoms with Crippen molar-refractivity contribution < 1.29 is 4.79 Å². The van der Waals surface area contributed by atoms with E-state index in [2.05, 4.69) is 29.5 Å². The Kier molecular flexibility index (Phi) is 2.44. The van der Waals surface area contributed by atoms with Crippen LogP contribution in [0.15, 0.2) is 0 Å². The fourth-order valence-corrected chi connectivity index (χ4v) is 3.09. The zero-order chi connectivity index (χ0) is 10.5. The molecule has 1 amide bonds. The van der Waals surface area contributed by atoms with Crippen LogP contribution in [0.25, 0.3) is 0 Å². The highest BCUT2D eigenvalue weighted by molar-refractivity contribution is 14.1. The topological polar surface area (TPSA) is 69.1 Å². The first-order chi connectivity index (χ1) is 5.61. The summed E-state index contributed by atoms with van der Waals surface area (Å²) in [4.78, 5) is 11.3. The first-order valence-electron chi connectivity index (χ1n) is 4.38. The Morgan fingerprint density at radius 2 is 2.00 bits per heavy atom. The number of alkyl halides is 1. The van der Waals surface area contributed by atoms with Gasteiger partial charge in [-0.1, -0.05) is 22.6 Å². The van der Waals surface area contributed by atoms with Crippen molar-refractivity contribution in [3.8, 4) is 0 Å². The number of carbonyl (C=O) groups is 1. The maximum atomic E-state index is 11.3. The molecule has 1 saturated carbocycles. The van der Waals surface area contributed by atoms with E-state index in [1.54, 1.807) is 0 Å². The predicted molar refractivity (Wildman–Crippen MR) is 61.6 cm³/mol. The molecule has 0 aliphatic heterocycles. The van der Waals surface area contributed by atoms with E-state index in [1.165, 1.54) is 0 Å². The van der Waals surface area contributed by atoms with Gasteiger partial charge < -0.3 is 11.5 Å². The molecular weight excluding hydrogens is 279 g/mol. The molecule has 13 heavy (non-hydrogen) atoms. The van der Waals surface area contributed by atoms with Crippen LogP contribution in [-0.4, -0.2) is 14.9 Å². The third kappa shape index (κ3) is 1.98. The molecule has 0 spiro atoms. The lowest BCUT2D eigenvalue weighted by atomic mass is 9.87. The Morgan fingerprint density at radius 3 is 2.08 bits per heavy atom. The smallest absolute Gasteiger partial charge is 0.225 e. The second kappa shape index (κ2) is 2.82. The molecule has 0 aromatic rings. The Morgan fingerprint density at radius 1 is 1.62 bits per heavy atom. The summed E-state index contributed by atoms with van der Waals surface area (Å²) in [6.07, 6.45) is 1.53. The molecule has 0 aromatic carbocycles. The van der Waals surface area contributed by atoms with Crippen molar-refractivity contribution in [2.24, 2.45) is 16.9 Å². The van der Waals surface area contributed by atoms with Crippen LogP contribution >= 0.6 is 22.6 Å². The van der Waals surface area contributed by atoms with E-state index in [0.717, 1.165) is 6.42 Å². The molecule has 4 heteroatoms. The van der Waals surface area contributed by atoms with Crippen LogP contribution in [-0.2, 0) is 4.79 Å². The molecule has 0 radical (unpaired) electrons. The first-order valence-corrected chi connectivity index (χ1v) is 5.46. The second-order valence-electron chi connectivity index (χ2n) is 4.99. The molecule has 2 unspecified atom stereocenters. The van der Waals surface area contributed by atoms with E-state index >= 15 is 0 Å². The van der Waals surface area contributed by atoms with E-state index in [0.29, 0.717) is 6.42 Å². The summed E-state index contributed by atoms with van der Waals surface area (Å²) in [6.45, 7) is 5.93. The van der Waals surface area contributed by atoms with E-state index in [4.69, 9.17) is 11.5 Å². The largest absolute Gasteiger partial charge is 0.369 e. The zero-order valence-electron chi connectivity index (χ0n) is 8.36. The minimum atomic E-state index is -0.369. The summed E-state index contributed by atoms with van der Waals surface area (Å²) in [5.74, 6) is -0.206. The van der Waals surface area contributed by atoms with Crippen molar-refractivity contribution in [3.63, 3.8) is 0 Å². The van der Waals surface area contributed by atoms with Gasteiger partial charge in [-0.15, -0.1) is 0 Å². The average molecular weight is 296 g/mol. The van der Waals surface area contributed by atoms with Gasteiger partial charge in [0.1, 0.15) is 0 Å². The first kappa shape index (κ1) is 11.2. The standard InChI is InChI=1S/C9H17IN2O/c1-7(2,12)4-9(6(11)13)5-8(9,3)10/h4-5,12H2,1-3H3,(H2,11,13). The molecule has 1 fully saturated rings. The Hall–Kier alpha value is 0.160. The quantitative estimate of drug-likeness (QED) is 0.606. The lowest BCUT2D eigenvalue weighted by Crippen LogP contribution is -2.41. The highest BCUT2D eigenvalue weighted by atomic mass is 127. The van der Waals surface area contributed by atoms with Crippen molar-refractivity contribution in [2.45, 2.75) is 42.6 Å². The van der Waals surface area contributed by atoms with Crippen LogP contribution in [0.1, 0.15) is 33.6 Å². The van der Waals surface area contributed by atoms with Crippen LogP contribution in [0.5, 0.6) is 0 Å². The molecule has 2 atom stereocenters. The van der Waals surface area contributed by atoms with Gasteiger partial charge in [-0.2, -0.15) is 0 Å². The SMILES string of the molecule is CC(C)(N)CC1(C(N)=O)CC1(C)I. The number of nitrogens with two attached hydrogens (primary N) is 2. The third-order valence-corrected chi connectivity index (χ3v) is 4.15. The van der Waals surface area contributed by atoms with Gasteiger partial charge in [0.15, 0.2) is 0 Å². The minimum Gasteiger partial charge on any atom is -0.369 e. The lowest BCUT2D eigenvalue weighted by molar-refractivity contribution is -0.124. The molecular formula is C9H17IN2O. The van der Waals surface area contributed by atoms with E-state index in [1.807, 2.05) is 13.8 Å². The number of halogens is 1. The normalized spacial score (nSPS) is 38.8. The number of hydrogen-bond donors (Lipinski definition) is 2. The number of amides is 1. The molecule has 0 bridgehead atoms. The van der Waals surface area contributed by atoms with Gasteiger partial charge in [0.25, 0.3) is 0 Å². The summed E-state index contributed by atoms with van der Waals surface area (Å²) in [5, 5.41) is 0. The predicted octanol–water partition coefficient (Wildman–Crippen LogP) is 1.18. The van der Waals surface area contributed by atoms with Crippen LogP contribution in [0.2, 0.25) is 0 Å². The van der Waals surface area contributed by atoms with Gasteiger partial charge in [0.2, 0.25) is 5.91 Å². The lowest BCUT2D eigenvalue weighted by Gasteiger charge is -2.25. The van der Waals surface area contributed by atoms with Crippen molar-refractivity contribution in [3.05, 3.63) is 0 Å². The van der Waals surface area contributed by atoms with Crippen molar-refractivity contribution >= 4 is 28.5 Å². The molecule has 3 nitrogen and oxygen atoms in total. The van der Waals surface area contributed by atoms with E-state index in [-0.39, 0.29) is 20.3 Å². The molecule has 0 aromatic heterocycles. The fraction of sp³-hybridized carbons (Fsp3) is 0.889. The Labute approximate surface area is 92.8 Å². The summed E-state index contributed by atoms with van der Waals surface area (Å²) >= 11 is 2.30. The van der Waals surface area contributed by atoms with Gasteiger partial charge in [0.05, 0.1) is 5.41 Å². The number of carbonyl (C=O) groups excluding carboxylic acids is 1. The van der Waals surface area contributed by atoms with Crippen molar-refractivity contribution in [2.75, 3.05) is 0 Å². The number of rotatable bonds is 3. The molecule has 4 N–H and O–H groups in total. The minimum absolute atomic E-state index is 0.00718. The summed E-state index contributed by atoms with van der Waals surface area (Å²) < 4.78 is 0.00718. The van der Waals surface area contributed by atoms with Crippen molar-refractivity contribution in [1.82, 2.24) is 0 Å². The number of hydrogen-bond acceptors (Lipinski definition) is 2. The highest BCUT2D eigenvalue weighted by Gasteiger charge is 2.67. The van der Waals surface area contributed by atoms with E-state index in [9.17, 15) is 4.79 Å². The van der Waals surface area contributed by atoms with Crippen LogP contribution in [0.4, 0.5) is 0 Å². The van der Waals surface area contributed by atoms with E-state index < -0.39 is 0 Å². The summed E-state index contributed by atoms with van der Waals surface area (Å²) in [5.41, 5.74) is 10.6. The van der Waals surface area contributed by atoms with Gasteiger partial charge in [-0.3, -0.25) is 4.79 Å². The summed E-state index contributed by atoms with van der Waals surface area (Å²) in [7, 11) is 0. The number of primary amides is 1. The Balaban J connectivity index is 2.81. The van der Waals surface area contributed by atoms with Crippen LogP contribution in [0, 0.1) is 5.41 Å². The summed E-state index contributed by atoms with van der Waals surface area (Å²) in [6, 6.07) is 0. The fourth-order valence-electron chi connectivity index (χ4n) is 1.98. The van der Waals surface area contributed by atoms with Crippen molar-refractivity contribution in [1.29, 1.82) is 0 Å². The maximum absolute atomic E-state index is 11.3. The van der Waals surface area contributed by atoms with Gasteiger partial charge in [-0.05, 0) is 33.6 Å². The molecule has 1 aliphatic carbocycles. The maximum Gasteiger partial charge on any atom is 0.225 e. The molecule has 76 valence electrons. The third-order valence-electron chi connectivity index (χ3n) is 2.74. The Bertz CT molecular complexity index is 244. The molecule has 1 rings (SSSR count). The molecule has 1 aliphatic rings. The van der Waals surface area contributed by atoms with Gasteiger partial charge >= 0.3 is 0 Å². The van der Waals surface area contributed by atoms with Gasteiger partial charge in [-0.25, -0.2) is 0 Å².